The Morgan fingerprint density at radius 2 is 1.83 bits per heavy atom. The molecule has 0 atom stereocenters. The minimum Gasteiger partial charge on any atom is -0.355 e. The van der Waals surface area contributed by atoms with Crippen molar-refractivity contribution in [3.8, 4) is 0 Å². The number of carbonyl (C=O) groups is 1. The quantitative estimate of drug-likeness (QED) is 0.861. The Kier molecular flexibility index (Phi) is 6.62. The van der Waals surface area contributed by atoms with Gasteiger partial charge in [-0.2, -0.15) is 13.2 Å². The Labute approximate surface area is 140 Å². The topological polar surface area (TPSA) is 35.6 Å². The number of rotatable bonds is 6. The maximum absolute atomic E-state index is 12.7. The van der Waals surface area contributed by atoms with Crippen LogP contribution in [0.2, 0.25) is 0 Å². The summed E-state index contributed by atoms with van der Waals surface area (Å²) < 4.78 is 38.2. The zero-order valence-electron chi connectivity index (χ0n) is 13.9. The molecule has 0 unspecified atom stereocenters. The van der Waals surface area contributed by atoms with E-state index in [0.29, 0.717) is 25.2 Å². The second kappa shape index (κ2) is 8.48. The Bertz CT molecular complexity index is 540. The van der Waals surface area contributed by atoms with Gasteiger partial charge in [0.2, 0.25) is 5.91 Å². The Morgan fingerprint density at radius 3 is 2.46 bits per heavy atom. The summed E-state index contributed by atoms with van der Waals surface area (Å²) >= 11 is 0. The minimum absolute atomic E-state index is 0.0307. The molecule has 7 heteroatoms. The monoisotopic (exact) mass is 343 g/mol. The Morgan fingerprint density at radius 1 is 1.17 bits per heavy atom. The average Bonchev–Trinajstić information content (AvgIpc) is 2.54. The van der Waals surface area contributed by atoms with Gasteiger partial charge < -0.3 is 5.32 Å². The summed E-state index contributed by atoms with van der Waals surface area (Å²) in [5.74, 6) is 0.0307. The number of amides is 1. The number of benzene rings is 1. The highest BCUT2D eigenvalue weighted by Crippen LogP contribution is 2.29. The molecule has 1 heterocycles. The molecular weight excluding hydrogens is 319 g/mol. The van der Waals surface area contributed by atoms with Gasteiger partial charge in [-0.3, -0.25) is 14.6 Å². The van der Waals surface area contributed by atoms with E-state index in [9.17, 15) is 18.0 Å². The smallest absolute Gasteiger partial charge is 0.355 e. The van der Waals surface area contributed by atoms with Gasteiger partial charge in [-0.05, 0) is 18.1 Å². The number of alkyl halides is 3. The molecule has 0 aromatic heterocycles. The summed E-state index contributed by atoms with van der Waals surface area (Å²) in [7, 11) is 0. The van der Waals surface area contributed by atoms with E-state index in [-0.39, 0.29) is 5.91 Å². The molecule has 1 saturated heterocycles. The first-order chi connectivity index (χ1) is 11.4. The molecule has 4 nitrogen and oxygen atoms in total. The van der Waals surface area contributed by atoms with Crippen LogP contribution in [0, 0.1) is 0 Å². The van der Waals surface area contributed by atoms with Crippen LogP contribution in [-0.2, 0) is 17.5 Å². The fourth-order valence-electron chi connectivity index (χ4n) is 2.73. The Balaban J connectivity index is 1.80. The van der Waals surface area contributed by atoms with E-state index < -0.39 is 11.7 Å². The molecular formula is C17H24F3N3O. The van der Waals surface area contributed by atoms with Gasteiger partial charge in [-0.1, -0.05) is 25.1 Å². The fraction of sp³-hybridized carbons (Fsp3) is 0.588. The molecule has 0 saturated carbocycles. The summed E-state index contributed by atoms with van der Waals surface area (Å²) in [6.07, 6.45) is -3.39. The SMILES string of the molecule is CCCNC(=O)CN1CCN(Cc2cccc(C(F)(F)F)c2)CC1. The van der Waals surface area contributed by atoms with Crippen molar-refractivity contribution in [3.05, 3.63) is 35.4 Å². The standard InChI is InChI=1S/C17H24F3N3O/c1-2-6-21-16(24)13-23-9-7-22(8-10-23)12-14-4-3-5-15(11-14)17(18,19)20/h3-5,11H,2,6-10,12-13H2,1H3,(H,21,24). The predicted molar refractivity (Wildman–Crippen MR) is 86.5 cm³/mol. The van der Waals surface area contributed by atoms with Gasteiger partial charge in [-0.25, -0.2) is 0 Å². The van der Waals surface area contributed by atoms with Crippen molar-refractivity contribution >= 4 is 5.91 Å². The number of halogens is 3. The molecule has 1 aliphatic heterocycles. The van der Waals surface area contributed by atoms with Crippen LogP contribution < -0.4 is 5.32 Å². The second-order valence-corrected chi connectivity index (χ2v) is 6.10. The Hall–Kier alpha value is -1.60. The van der Waals surface area contributed by atoms with Gasteiger partial charge in [0.1, 0.15) is 0 Å². The number of carbonyl (C=O) groups excluding carboxylic acids is 1. The fourth-order valence-corrected chi connectivity index (χ4v) is 2.73. The van der Waals surface area contributed by atoms with E-state index in [2.05, 4.69) is 15.1 Å². The molecule has 0 radical (unpaired) electrons. The van der Waals surface area contributed by atoms with Gasteiger partial charge in [-0.15, -0.1) is 0 Å². The third kappa shape index (κ3) is 5.79. The predicted octanol–water partition coefficient (Wildman–Crippen LogP) is 2.35. The summed E-state index contributed by atoms with van der Waals surface area (Å²) in [5, 5.41) is 2.85. The molecule has 0 bridgehead atoms. The van der Waals surface area contributed by atoms with Crippen molar-refractivity contribution in [2.24, 2.45) is 0 Å². The van der Waals surface area contributed by atoms with Crippen LogP contribution in [0.3, 0.4) is 0 Å². The molecule has 1 amide bonds. The molecule has 2 rings (SSSR count). The maximum Gasteiger partial charge on any atom is 0.416 e. The van der Waals surface area contributed by atoms with Crippen molar-refractivity contribution in [1.82, 2.24) is 15.1 Å². The van der Waals surface area contributed by atoms with E-state index in [1.807, 2.05) is 6.92 Å². The zero-order chi connectivity index (χ0) is 17.6. The lowest BCUT2D eigenvalue weighted by Crippen LogP contribution is -2.49. The molecule has 134 valence electrons. The van der Waals surface area contributed by atoms with Crippen molar-refractivity contribution in [3.63, 3.8) is 0 Å². The van der Waals surface area contributed by atoms with Crippen LogP contribution in [0.1, 0.15) is 24.5 Å². The lowest BCUT2D eigenvalue weighted by atomic mass is 10.1. The maximum atomic E-state index is 12.7. The molecule has 1 aliphatic rings. The normalized spacial score (nSPS) is 17.0. The summed E-state index contributed by atoms with van der Waals surface area (Å²) in [6.45, 7) is 6.57. The molecule has 0 aliphatic carbocycles. The van der Waals surface area contributed by atoms with E-state index in [4.69, 9.17) is 0 Å². The van der Waals surface area contributed by atoms with Crippen LogP contribution in [-0.4, -0.2) is 55.0 Å². The largest absolute Gasteiger partial charge is 0.416 e. The summed E-state index contributed by atoms with van der Waals surface area (Å²) in [6, 6.07) is 5.48. The van der Waals surface area contributed by atoms with E-state index >= 15 is 0 Å². The van der Waals surface area contributed by atoms with Crippen molar-refractivity contribution < 1.29 is 18.0 Å². The van der Waals surface area contributed by atoms with Crippen molar-refractivity contribution in [1.29, 1.82) is 0 Å². The van der Waals surface area contributed by atoms with E-state index in [1.165, 1.54) is 12.1 Å². The highest BCUT2D eigenvalue weighted by molar-refractivity contribution is 5.77. The van der Waals surface area contributed by atoms with Crippen molar-refractivity contribution in [2.45, 2.75) is 26.1 Å². The van der Waals surface area contributed by atoms with Gasteiger partial charge in [0, 0.05) is 39.3 Å². The second-order valence-electron chi connectivity index (χ2n) is 6.10. The highest BCUT2D eigenvalue weighted by atomic mass is 19.4. The summed E-state index contributed by atoms with van der Waals surface area (Å²) in [5.41, 5.74) is 0.0604. The average molecular weight is 343 g/mol. The van der Waals surface area contributed by atoms with E-state index in [1.54, 1.807) is 6.07 Å². The van der Waals surface area contributed by atoms with Crippen LogP contribution in [0.15, 0.2) is 24.3 Å². The highest BCUT2D eigenvalue weighted by Gasteiger charge is 2.30. The first kappa shape index (κ1) is 18.7. The molecule has 1 aromatic carbocycles. The van der Waals surface area contributed by atoms with Gasteiger partial charge in [0.25, 0.3) is 0 Å². The van der Waals surface area contributed by atoms with Gasteiger partial charge in [0.05, 0.1) is 12.1 Å². The van der Waals surface area contributed by atoms with Crippen molar-refractivity contribution in [2.75, 3.05) is 39.3 Å². The third-order valence-corrected chi connectivity index (χ3v) is 4.06. The molecule has 1 fully saturated rings. The lowest BCUT2D eigenvalue weighted by Gasteiger charge is -2.34. The number of nitrogens with one attached hydrogen (secondary N) is 1. The van der Waals surface area contributed by atoms with E-state index in [0.717, 1.165) is 38.7 Å². The first-order valence-electron chi connectivity index (χ1n) is 8.26. The van der Waals surface area contributed by atoms with Crippen LogP contribution >= 0.6 is 0 Å². The third-order valence-electron chi connectivity index (χ3n) is 4.06. The molecule has 24 heavy (non-hydrogen) atoms. The molecule has 0 spiro atoms. The number of nitrogens with zero attached hydrogens (tertiary/aromatic N) is 2. The minimum atomic E-state index is -4.31. The summed E-state index contributed by atoms with van der Waals surface area (Å²) in [4.78, 5) is 15.9. The number of hydrogen-bond acceptors (Lipinski definition) is 3. The van der Waals surface area contributed by atoms with Gasteiger partial charge >= 0.3 is 6.18 Å². The first-order valence-corrected chi connectivity index (χ1v) is 8.26. The number of piperazine rings is 1. The molecule has 1 N–H and O–H groups in total. The van der Waals surface area contributed by atoms with Crippen LogP contribution in [0.4, 0.5) is 13.2 Å². The lowest BCUT2D eigenvalue weighted by molar-refractivity contribution is -0.137. The number of hydrogen-bond donors (Lipinski definition) is 1. The zero-order valence-corrected chi connectivity index (χ0v) is 13.9. The van der Waals surface area contributed by atoms with Crippen LogP contribution in [0.5, 0.6) is 0 Å². The van der Waals surface area contributed by atoms with Crippen LogP contribution in [0.25, 0.3) is 0 Å². The molecule has 1 aromatic rings. The van der Waals surface area contributed by atoms with Gasteiger partial charge in [0.15, 0.2) is 0 Å².